The van der Waals surface area contributed by atoms with Crippen molar-refractivity contribution in [3.8, 4) is 6.07 Å². The van der Waals surface area contributed by atoms with E-state index in [-0.39, 0.29) is 5.69 Å². The molecule has 0 bridgehead atoms. The van der Waals surface area contributed by atoms with Crippen LogP contribution in [0.3, 0.4) is 0 Å². The Kier molecular flexibility index (Phi) is 6.78. The standard InChI is InChI=1S/C25H24F3N5O2/c1-16(2)35-24(34)19(15-29)22-23(31-21-9-4-3-8-20(21)30-22)33-12-10-32(11-13-33)18-7-5-6-17(14-18)25(26,27)28/h3-9,14,16,19H,10-13H2,1-2H3/t19-/m1/s1. The monoisotopic (exact) mass is 483 g/mol. The number of rotatable bonds is 5. The summed E-state index contributed by atoms with van der Waals surface area (Å²) >= 11 is 0. The van der Waals surface area contributed by atoms with Gasteiger partial charge in [-0.3, -0.25) is 4.79 Å². The van der Waals surface area contributed by atoms with Crippen molar-refractivity contribution >= 4 is 28.5 Å². The smallest absolute Gasteiger partial charge is 0.416 e. The van der Waals surface area contributed by atoms with Crippen LogP contribution in [0.4, 0.5) is 24.7 Å². The number of aromatic nitrogens is 2. The van der Waals surface area contributed by atoms with Crippen molar-refractivity contribution in [3.63, 3.8) is 0 Å². The summed E-state index contributed by atoms with van der Waals surface area (Å²) in [7, 11) is 0. The van der Waals surface area contributed by atoms with Gasteiger partial charge >= 0.3 is 12.1 Å². The van der Waals surface area contributed by atoms with E-state index >= 15 is 0 Å². The molecule has 182 valence electrons. The van der Waals surface area contributed by atoms with E-state index in [1.807, 2.05) is 21.9 Å². The van der Waals surface area contributed by atoms with Gasteiger partial charge in [-0.1, -0.05) is 18.2 Å². The lowest BCUT2D eigenvalue weighted by molar-refractivity contribution is -0.147. The number of hydrogen-bond acceptors (Lipinski definition) is 7. The second kappa shape index (κ2) is 9.78. The average molecular weight is 483 g/mol. The minimum atomic E-state index is -4.41. The zero-order valence-electron chi connectivity index (χ0n) is 19.3. The Labute approximate surface area is 200 Å². The van der Waals surface area contributed by atoms with Crippen molar-refractivity contribution in [2.75, 3.05) is 36.0 Å². The molecule has 7 nitrogen and oxygen atoms in total. The van der Waals surface area contributed by atoms with E-state index in [1.54, 1.807) is 38.1 Å². The van der Waals surface area contributed by atoms with E-state index in [4.69, 9.17) is 9.72 Å². The first-order valence-electron chi connectivity index (χ1n) is 11.2. The molecule has 2 heterocycles. The van der Waals surface area contributed by atoms with E-state index in [0.29, 0.717) is 48.7 Å². The molecule has 1 aliphatic rings. The number of carbonyl (C=O) groups excluding carboxylic acids is 1. The first-order chi connectivity index (χ1) is 16.7. The van der Waals surface area contributed by atoms with E-state index in [1.165, 1.54) is 6.07 Å². The van der Waals surface area contributed by atoms with Crippen LogP contribution in [0.5, 0.6) is 0 Å². The van der Waals surface area contributed by atoms with Crippen molar-refractivity contribution in [3.05, 3.63) is 59.8 Å². The predicted octanol–water partition coefficient (Wildman–Crippen LogP) is 4.53. The highest BCUT2D eigenvalue weighted by molar-refractivity contribution is 5.85. The number of ether oxygens (including phenoxy) is 1. The Hall–Kier alpha value is -3.87. The molecule has 35 heavy (non-hydrogen) atoms. The van der Waals surface area contributed by atoms with Gasteiger partial charge in [-0.2, -0.15) is 18.4 Å². The van der Waals surface area contributed by atoms with Crippen molar-refractivity contribution in [2.45, 2.75) is 32.0 Å². The molecule has 0 unspecified atom stereocenters. The van der Waals surface area contributed by atoms with Crippen LogP contribution in [0.15, 0.2) is 48.5 Å². The highest BCUT2D eigenvalue weighted by atomic mass is 19.4. The average Bonchev–Trinajstić information content (AvgIpc) is 2.83. The molecular formula is C25H24F3N5O2. The number of alkyl halides is 3. The van der Waals surface area contributed by atoms with Crippen molar-refractivity contribution in [1.82, 2.24) is 9.97 Å². The third-order valence-electron chi connectivity index (χ3n) is 5.69. The van der Waals surface area contributed by atoms with Crippen LogP contribution in [-0.2, 0) is 15.7 Å². The minimum Gasteiger partial charge on any atom is -0.462 e. The summed E-state index contributed by atoms with van der Waals surface area (Å²) in [5.74, 6) is -1.55. The predicted molar refractivity (Wildman–Crippen MR) is 125 cm³/mol. The summed E-state index contributed by atoms with van der Waals surface area (Å²) < 4.78 is 44.7. The SMILES string of the molecule is CC(C)OC(=O)[C@H](C#N)c1nc2ccccc2nc1N1CCN(c2cccc(C(F)(F)F)c2)CC1. The van der Waals surface area contributed by atoms with E-state index < -0.39 is 29.7 Å². The molecule has 3 aromatic rings. The molecule has 0 aliphatic carbocycles. The minimum absolute atomic E-state index is 0.212. The zero-order valence-corrected chi connectivity index (χ0v) is 19.3. The van der Waals surface area contributed by atoms with Crippen molar-refractivity contribution in [2.24, 2.45) is 0 Å². The summed E-state index contributed by atoms with van der Waals surface area (Å²) in [6.07, 6.45) is -4.81. The Morgan fingerprint density at radius 2 is 1.63 bits per heavy atom. The number of nitriles is 1. The Balaban J connectivity index is 1.63. The molecule has 10 heteroatoms. The zero-order chi connectivity index (χ0) is 25.2. The largest absolute Gasteiger partial charge is 0.462 e. The van der Waals surface area contributed by atoms with Gasteiger partial charge < -0.3 is 14.5 Å². The first-order valence-corrected chi connectivity index (χ1v) is 11.2. The molecule has 1 saturated heterocycles. The maximum Gasteiger partial charge on any atom is 0.416 e. The summed E-state index contributed by atoms with van der Waals surface area (Å²) in [5.41, 5.74) is 1.16. The van der Waals surface area contributed by atoms with Gasteiger partial charge in [0.05, 0.1) is 28.8 Å². The molecule has 1 aromatic heterocycles. The Morgan fingerprint density at radius 3 is 2.23 bits per heavy atom. The number of hydrogen-bond donors (Lipinski definition) is 0. The molecule has 1 aliphatic heterocycles. The lowest BCUT2D eigenvalue weighted by Gasteiger charge is -2.37. The summed E-state index contributed by atoms with van der Waals surface area (Å²) in [4.78, 5) is 25.8. The number of para-hydroxylation sites is 2. The van der Waals surface area contributed by atoms with Gasteiger partial charge in [-0.05, 0) is 44.2 Å². The first kappa shape index (κ1) is 24.3. The van der Waals surface area contributed by atoms with E-state index in [9.17, 15) is 23.2 Å². The maximum atomic E-state index is 13.1. The molecule has 0 saturated carbocycles. The number of fused-ring (bicyclic) bond motifs is 1. The Morgan fingerprint density at radius 1 is 1.00 bits per heavy atom. The van der Waals surface area contributed by atoms with Crippen LogP contribution in [0, 0.1) is 11.3 Å². The molecule has 0 spiro atoms. The maximum absolute atomic E-state index is 13.1. The highest BCUT2D eigenvalue weighted by Gasteiger charge is 2.33. The highest BCUT2D eigenvalue weighted by Crippen LogP contribution is 2.33. The molecule has 0 radical (unpaired) electrons. The van der Waals surface area contributed by atoms with Gasteiger partial charge in [0.15, 0.2) is 11.7 Å². The van der Waals surface area contributed by atoms with Crippen LogP contribution in [0.1, 0.15) is 31.0 Å². The van der Waals surface area contributed by atoms with Gasteiger partial charge in [0.25, 0.3) is 0 Å². The number of anilines is 2. The molecule has 2 aromatic carbocycles. The lowest BCUT2D eigenvalue weighted by Crippen LogP contribution is -2.47. The fraction of sp³-hybridized carbons (Fsp3) is 0.360. The molecule has 0 N–H and O–H groups in total. The number of halogens is 3. The van der Waals surface area contributed by atoms with Gasteiger partial charge in [-0.25, -0.2) is 9.97 Å². The third-order valence-corrected chi connectivity index (χ3v) is 5.69. The van der Waals surface area contributed by atoms with E-state index in [2.05, 4.69) is 4.98 Å². The lowest BCUT2D eigenvalue weighted by atomic mass is 10.1. The van der Waals surface area contributed by atoms with Crippen LogP contribution in [0.2, 0.25) is 0 Å². The van der Waals surface area contributed by atoms with Crippen molar-refractivity contribution in [1.29, 1.82) is 5.26 Å². The van der Waals surface area contributed by atoms with Crippen LogP contribution >= 0.6 is 0 Å². The van der Waals surface area contributed by atoms with Gasteiger partial charge in [-0.15, -0.1) is 0 Å². The van der Waals surface area contributed by atoms with Crippen LogP contribution < -0.4 is 9.80 Å². The topological polar surface area (TPSA) is 82.3 Å². The number of piperazine rings is 1. The summed E-state index contributed by atoms with van der Waals surface area (Å²) in [6.45, 7) is 5.12. The number of nitrogens with zero attached hydrogens (tertiary/aromatic N) is 5. The Bertz CT molecular complexity index is 1260. The van der Waals surface area contributed by atoms with Gasteiger partial charge in [0.2, 0.25) is 0 Å². The molecule has 0 amide bonds. The second-order valence-electron chi connectivity index (χ2n) is 8.49. The normalized spacial score (nSPS) is 15.2. The number of esters is 1. The van der Waals surface area contributed by atoms with Gasteiger partial charge in [0, 0.05) is 31.9 Å². The number of carbonyl (C=O) groups is 1. The fourth-order valence-corrected chi connectivity index (χ4v) is 4.01. The quantitative estimate of drug-likeness (QED) is 0.493. The molecule has 1 atom stereocenters. The third kappa shape index (κ3) is 5.29. The van der Waals surface area contributed by atoms with Crippen molar-refractivity contribution < 1.29 is 22.7 Å². The van der Waals surface area contributed by atoms with E-state index in [0.717, 1.165) is 12.1 Å². The fourth-order valence-electron chi connectivity index (χ4n) is 4.01. The van der Waals surface area contributed by atoms with Crippen LogP contribution in [-0.4, -0.2) is 48.2 Å². The second-order valence-corrected chi connectivity index (χ2v) is 8.49. The summed E-state index contributed by atoms with van der Waals surface area (Å²) in [5, 5.41) is 9.80. The molecule has 4 rings (SSSR count). The summed E-state index contributed by atoms with van der Waals surface area (Å²) in [6, 6.07) is 14.4. The molecule has 1 fully saturated rings. The molecular weight excluding hydrogens is 459 g/mol. The van der Waals surface area contributed by atoms with Gasteiger partial charge in [0.1, 0.15) is 5.69 Å². The number of benzene rings is 2. The van der Waals surface area contributed by atoms with Crippen LogP contribution in [0.25, 0.3) is 11.0 Å².